The second-order valence-electron chi connectivity index (χ2n) is 6.68. The van der Waals surface area contributed by atoms with Crippen LogP contribution in [0.4, 0.5) is 9.18 Å². The van der Waals surface area contributed by atoms with E-state index in [1.807, 2.05) is 0 Å². The smallest absolute Gasteiger partial charge is 0.413 e. The molecule has 10 heteroatoms. The zero-order valence-corrected chi connectivity index (χ0v) is 16.0. The average molecular weight is 409 g/mol. The Kier molecular flexibility index (Phi) is 5.78. The maximum atomic E-state index is 13.3. The van der Waals surface area contributed by atoms with Crippen molar-refractivity contribution in [2.45, 2.75) is 18.9 Å². The van der Waals surface area contributed by atoms with Gasteiger partial charge in [-0.2, -0.15) is 0 Å². The molecule has 8 nitrogen and oxygen atoms in total. The van der Waals surface area contributed by atoms with E-state index in [9.17, 15) is 28.1 Å². The number of carboxylic acid groups (broad SMARTS) is 1. The average Bonchev–Trinajstić information content (AvgIpc) is 2.60. The molecule has 2 heterocycles. The minimum atomic E-state index is -1.29. The summed E-state index contributed by atoms with van der Waals surface area (Å²) in [5.41, 5.74) is 0.697. The standard InChI is InChI=1S/C18H20FN3O5S/c1-28(27)11-14-8-16(23)21-10-17(24)20(9-15(21)22(14)18(25)26)6-5-12-3-2-4-13(19)7-12/h2-4,7,9,14H,5-6,8,10-11H2,1H3,(H,25,26). The van der Waals surface area contributed by atoms with Crippen molar-refractivity contribution in [1.29, 1.82) is 0 Å². The maximum Gasteiger partial charge on any atom is 0.413 e. The van der Waals surface area contributed by atoms with Gasteiger partial charge in [-0.1, -0.05) is 12.1 Å². The second-order valence-corrected chi connectivity index (χ2v) is 8.16. The van der Waals surface area contributed by atoms with Crippen LogP contribution in [0.5, 0.6) is 0 Å². The van der Waals surface area contributed by atoms with Crippen molar-refractivity contribution in [2.75, 3.05) is 25.1 Å². The highest BCUT2D eigenvalue weighted by Gasteiger charge is 2.43. The Morgan fingerprint density at radius 3 is 2.71 bits per heavy atom. The van der Waals surface area contributed by atoms with Crippen molar-refractivity contribution in [3.63, 3.8) is 0 Å². The van der Waals surface area contributed by atoms with Gasteiger partial charge in [0, 0.05) is 42.0 Å². The van der Waals surface area contributed by atoms with Gasteiger partial charge in [-0.15, -0.1) is 0 Å². The Labute approximate surface area is 163 Å². The van der Waals surface area contributed by atoms with E-state index in [4.69, 9.17) is 0 Å². The van der Waals surface area contributed by atoms with Crippen LogP contribution in [0.2, 0.25) is 0 Å². The molecular formula is C18H20FN3O5S. The number of carbonyl (C=O) groups excluding carboxylic acids is 2. The van der Waals surface area contributed by atoms with Crippen molar-refractivity contribution >= 4 is 28.7 Å². The van der Waals surface area contributed by atoms with Crippen LogP contribution in [0.15, 0.2) is 36.3 Å². The number of carbonyl (C=O) groups is 3. The van der Waals surface area contributed by atoms with Gasteiger partial charge in [-0.3, -0.25) is 23.6 Å². The number of hydrogen-bond donors (Lipinski definition) is 1. The number of rotatable bonds is 5. The summed E-state index contributed by atoms with van der Waals surface area (Å²) < 4.78 is 24.9. The molecule has 2 aliphatic heterocycles. The summed E-state index contributed by atoms with van der Waals surface area (Å²) in [6.07, 6.45) is 1.75. The lowest BCUT2D eigenvalue weighted by Crippen LogP contribution is -2.59. The molecule has 1 aromatic rings. The second kappa shape index (κ2) is 8.09. The Bertz CT molecular complexity index is 875. The van der Waals surface area contributed by atoms with Gasteiger partial charge in [0.1, 0.15) is 18.2 Å². The lowest BCUT2D eigenvalue weighted by atomic mass is 10.1. The molecule has 0 spiro atoms. The predicted molar refractivity (Wildman–Crippen MR) is 98.8 cm³/mol. The van der Waals surface area contributed by atoms with E-state index in [0.717, 1.165) is 9.80 Å². The van der Waals surface area contributed by atoms with Gasteiger partial charge in [-0.25, -0.2) is 9.18 Å². The Morgan fingerprint density at radius 2 is 2.07 bits per heavy atom. The molecule has 3 amide bonds. The molecule has 150 valence electrons. The lowest BCUT2D eigenvalue weighted by Gasteiger charge is -2.44. The van der Waals surface area contributed by atoms with Gasteiger partial charge in [-0.05, 0) is 24.1 Å². The SMILES string of the molecule is CS(=O)CC1CC(=O)N2CC(=O)N(CCc3cccc(F)c3)C=C2N1C(=O)O. The van der Waals surface area contributed by atoms with Gasteiger partial charge >= 0.3 is 6.09 Å². The molecule has 0 bridgehead atoms. The summed E-state index contributed by atoms with van der Waals surface area (Å²) in [5, 5.41) is 9.64. The predicted octanol–water partition coefficient (Wildman–Crippen LogP) is 0.969. The molecule has 1 saturated heterocycles. The van der Waals surface area contributed by atoms with Crippen LogP contribution < -0.4 is 0 Å². The van der Waals surface area contributed by atoms with Crippen LogP contribution in [0.25, 0.3) is 0 Å². The van der Waals surface area contributed by atoms with Crippen molar-refractivity contribution in [3.05, 3.63) is 47.7 Å². The molecule has 2 atom stereocenters. The van der Waals surface area contributed by atoms with Crippen LogP contribution >= 0.6 is 0 Å². The monoisotopic (exact) mass is 409 g/mol. The van der Waals surface area contributed by atoms with E-state index < -0.39 is 22.9 Å². The highest BCUT2D eigenvalue weighted by molar-refractivity contribution is 7.84. The first-order valence-electron chi connectivity index (χ1n) is 8.64. The van der Waals surface area contributed by atoms with Gasteiger partial charge in [0.15, 0.2) is 0 Å². The van der Waals surface area contributed by atoms with E-state index in [-0.39, 0.29) is 48.7 Å². The number of hydrogen-bond acceptors (Lipinski definition) is 4. The van der Waals surface area contributed by atoms with E-state index in [0.29, 0.717) is 12.0 Å². The molecule has 0 aliphatic carbocycles. The molecule has 1 aromatic carbocycles. The fraction of sp³-hybridized carbons (Fsp3) is 0.389. The molecule has 2 aliphatic rings. The van der Waals surface area contributed by atoms with Crippen molar-refractivity contribution in [3.8, 4) is 0 Å². The molecule has 28 heavy (non-hydrogen) atoms. The topological polar surface area (TPSA) is 98.2 Å². The highest BCUT2D eigenvalue weighted by Crippen LogP contribution is 2.28. The van der Waals surface area contributed by atoms with Gasteiger partial charge in [0.2, 0.25) is 11.8 Å². The van der Waals surface area contributed by atoms with E-state index in [1.165, 1.54) is 29.5 Å². The number of amides is 3. The molecule has 0 aromatic heterocycles. The lowest BCUT2D eigenvalue weighted by molar-refractivity contribution is -0.143. The molecule has 0 saturated carbocycles. The minimum Gasteiger partial charge on any atom is -0.465 e. The first-order valence-corrected chi connectivity index (χ1v) is 10.4. The first-order chi connectivity index (χ1) is 13.3. The first kappa shape index (κ1) is 20.0. The normalized spacial score (nSPS) is 20.7. The third-order valence-electron chi connectivity index (χ3n) is 4.65. The summed E-state index contributed by atoms with van der Waals surface area (Å²) in [4.78, 5) is 40.1. The van der Waals surface area contributed by atoms with Crippen molar-refractivity contribution < 1.29 is 28.1 Å². The summed E-state index contributed by atoms with van der Waals surface area (Å²) in [6, 6.07) is 5.25. The molecule has 2 unspecified atom stereocenters. The molecule has 1 fully saturated rings. The summed E-state index contributed by atoms with van der Waals surface area (Å²) in [7, 11) is -1.29. The Balaban J connectivity index is 1.86. The van der Waals surface area contributed by atoms with E-state index in [1.54, 1.807) is 12.1 Å². The van der Waals surface area contributed by atoms with Crippen LogP contribution in [0, 0.1) is 5.82 Å². The van der Waals surface area contributed by atoms with Gasteiger partial charge < -0.3 is 10.0 Å². The van der Waals surface area contributed by atoms with Crippen LogP contribution in [0.1, 0.15) is 12.0 Å². The summed E-state index contributed by atoms with van der Waals surface area (Å²) >= 11 is 0. The number of fused-ring (bicyclic) bond motifs is 1. The molecule has 0 radical (unpaired) electrons. The fourth-order valence-electron chi connectivity index (χ4n) is 3.38. The molecule has 1 N–H and O–H groups in total. The van der Waals surface area contributed by atoms with Crippen LogP contribution in [-0.2, 0) is 26.8 Å². The van der Waals surface area contributed by atoms with Crippen molar-refractivity contribution in [1.82, 2.24) is 14.7 Å². The zero-order chi connectivity index (χ0) is 20.4. The van der Waals surface area contributed by atoms with E-state index >= 15 is 0 Å². The quantitative estimate of drug-likeness (QED) is 0.782. The number of halogens is 1. The van der Waals surface area contributed by atoms with Gasteiger partial charge in [0.05, 0.1) is 6.04 Å². The highest BCUT2D eigenvalue weighted by atomic mass is 32.2. The third kappa shape index (κ3) is 4.22. The Hall–Kier alpha value is -2.75. The molecular weight excluding hydrogens is 389 g/mol. The molecule has 3 rings (SSSR count). The van der Waals surface area contributed by atoms with Gasteiger partial charge in [0.25, 0.3) is 0 Å². The minimum absolute atomic E-state index is 0.0282. The fourth-order valence-corrected chi connectivity index (χ4v) is 4.19. The number of nitrogens with zero attached hydrogens (tertiary/aromatic N) is 3. The third-order valence-corrected chi connectivity index (χ3v) is 5.50. The number of benzene rings is 1. The van der Waals surface area contributed by atoms with Crippen molar-refractivity contribution in [2.24, 2.45) is 0 Å². The Morgan fingerprint density at radius 1 is 1.32 bits per heavy atom. The summed E-state index contributed by atoms with van der Waals surface area (Å²) in [5.74, 6) is -0.996. The summed E-state index contributed by atoms with van der Waals surface area (Å²) in [6.45, 7) is -0.0504. The maximum absolute atomic E-state index is 13.3. The van der Waals surface area contributed by atoms with Crippen LogP contribution in [-0.4, -0.2) is 73.1 Å². The largest absolute Gasteiger partial charge is 0.465 e. The zero-order valence-electron chi connectivity index (χ0n) is 15.2. The van der Waals surface area contributed by atoms with Crippen LogP contribution in [0.3, 0.4) is 0 Å². The van der Waals surface area contributed by atoms with E-state index in [2.05, 4.69) is 0 Å².